The van der Waals surface area contributed by atoms with E-state index in [0.717, 1.165) is 122 Å². The summed E-state index contributed by atoms with van der Waals surface area (Å²) in [6.45, 7) is 6.47. The molecule has 0 amide bonds. The standard InChI is InChI=1S/C65H110O6/c1-4-7-10-13-16-19-22-25-28-31-32-35-37-40-43-46-49-52-55-58-64(67)70-61-62(71-65(68)59-56-53-50-47-44-41-38-34-30-27-24-21-18-15-12-9-6-3)60-69-63(66)57-54-51-48-45-42-39-36-33-29-26-23-20-17-14-11-8-5-2/h7,10,16-21,25-30,32,35,62H,4-6,8-9,11-15,22-24,31,33-34,36-61H2,1-3H3/b10-7-,19-16-,20-17-,21-18-,28-25-,29-26-,30-27-,35-32-. The number of carbonyl (C=O) groups excluding carboxylic acids is 3. The van der Waals surface area contributed by atoms with Crippen LogP contribution in [-0.2, 0) is 28.6 Å². The van der Waals surface area contributed by atoms with Gasteiger partial charge in [0.05, 0.1) is 0 Å². The van der Waals surface area contributed by atoms with Gasteiger partial charge in [-0.05, 0) is 122 Å². The van der Waals surface area contributed by atoms with Crippen LogP contribution in [0, 0.1) is 0 Å². The van der Waals surface area contributed by atoms with E-state index in [4.69, 9.17) is 14.2 Å². The molecule has 0 bridgehead atoms. The summed E-state index contributed by atoms with van der Waals surface area (Å²) in [5.41, 5.74) is 0. The van der Waals surface area contributed by atoms with Gasteiger partial charge in [0.15, 0.2) is 6.10 Å². The molecule has 1 unspecified atom stereocenters. The molecular weight excluding hydrogens is 877 g/mol. The monoisotopic (exact) mass is 987 g/mol. The molecule has 0 heterocycles. The molecule has 0 saturated heterocycles. The third-order valence-corrected chi connectivity index (χ3v) is 12.5. The highest BCUT2D eigenvalue weighted by atomic mass is 16.6. The summed E-state index contributed by atoms with van der Waals surface area (Å²) in [5.74, 6) is -0.914. The normalized spacial score (nSPS) is 12.8. The first kappa shape index (κ1) is 67.3. The second-order valence-electron chi connectivity index (χ2n) is 19.5. The Balaban J connectivity index is 4.44. The zero-order valence-electron chi connectivity index (χ0n) is 46.5. The van der Waals surface area contributed by atoms with Crippen LogP contribution in [0.1, 0.15) is 278 Å². The summed E-state index contributed by atoms with van der Waals surface area (Å²) >= 11 is 0. The van der Waals surface area contributed by atoms with E-state index in [1.54, 1.807) is 0 Å². The summed E-state index contributed by atoms with van der Waals surface area (Å²) < 4.78 is 16.9. The number of unbranched alkanes of at least 4 members (excludes halogenated alkanes) is 26. The summed E-state index contributed by atoms with van der Waals surface area (Å²) in [7, 11) is 0. The smallest absolute Gasteiger partial charge is 0.306 e. The summed E-state index contributed by atoms with van der Waals surface area (Å²) in [6.07, 6.45) is 78.2. The molecular formula is C65H110O6. The van der Waals surface area contributed by atoms with Crippen molar-refractivity contribution in [2.45, 2.75) is 284 Å². The number of allylic oxidation sites excluding steroid dienone is 16. The lowest BCUT2D eigenvalue weighted by Gasteiger charge is -2.18. The molecule has 0 aromatic carbocycles. The average Bonchev–Trinajstić information content (AvgIpc) is 3.37. The topological polar surface area (TPSA) is 78.9 Å². The van der Waals surface area contributed by atoms with Gasteiger partial charge in [-0.25, -0.2) is 0 Å². The third-order valence-electron chi connectivity index (χ3n) is 12.5. The van der Waals surface area contributed by atoms with E-state index in [2.05, 4.69) is 118 Å². The molecule has 406 valence electrons. The summed E-state index contributed by atoms with van der Waals surface area (Å²) in [4.78, 5) is 38.2. The lowest BCUT2D eigenvalue weighted by molar-refractivity contribution is -0.167. The molecule has 0 rings (SSSR count). The van der Waals surface area contributed by atoms with Crippen molar-refractivity contribution in [3.8, 4) is 0 Å². The molecule has 0 radical (unpaired) electrons. The molecule has 0 aromatic rings. The Morgan fingerprint density at radius 3 is 0.859 bits per heavy atom. The lowest BCUT2D eigenvalue weighted by Crippen LogP contribution is -2.30. The number of carbonyl (C=O) groups is 3. The fourth-order valence-electron chi connectivity index (χ4n) is 8.08. The molecule has 6 heteroatoms. The molecule has 0 aromatic heterocycles. The third kappa shape index (κ3) is 57.1. The Hall–Kier alpha value is -3.67. The second kappa shape index (κ2) is 58.9. The van der Waals surface area contributed by atoms with Gasteiger partial charge in [0.2, 0.25) is 0 Å². The first-order valence-electron chi connectivity index (χ1n) is 29.7. The Labute approximate surface area is 438 Å². The van der Waals surface area contributed by atoms with Gasteiger partial charge < -0.3 is 14.2 Å². The maximum absolute atomic E-state index is 12.9. The van der Waals surface area contributed by atoms with Crippen LogP contribution in [0.2, 0.25) is 0 Å². The number of esters is 3. The van der Waals surface area contributed by atoms with Crippen LogP contribution in [0.25, 0.3) is 0 Å². The van der Waals surface area contributed by atoms with E-state index in [1.165, 1.54) is 116 Å². The minimum Gasteiger partial charge on any atom is -0.462 e. The van der Waals surface area contributed by atoms with Crippen LogP contribution < -0.4 is 0 Å². The molecule has 0 fully saturated rings. The van der Waals surface area contributed by atoms with Crippen molar-refractivity contribution >= 4 is 17.9 Å². The van der Waals surface area contributed by atoms with E-state index in [9.17, 15) is 14.4 Å². The first-order chi connectivity index (χ1) is 35.0. The van der Waals surface area contributed by atoms with Gasteiger partial charge in [0.25, 0.3) is 0 Å². The fourth-order valence-corrected chi connectivity index (χ4v) is 8.08. The van der Waals surface area contributed by atoms with E-state index in [1.807, 2.05) is 0 Å². The second-order valence-corrected chi connectivity index (χ2v) is 19.5. The molecule has 6 nitrogen and oxygen atoms in total. The molecule has 0 aliphatic heterocycles. The SMILES string of the molecule is CC/C=C\C/C=C\C/C=C\C/C=C\CCCCCCCCC(=O)OCC(COC(=O)CCCCCCCCC/C=C\C/C=C\CCCCC)OC(=O)CCCCCCCCC/C=C\C/C=C\CCCCC. The molecule has 0 N–H and O–H groups in total. The van der Waals surface area contributed by atoms with Crippen molar-refractivity contribution in [3.63, 3.8) is 0 Å². The number of hydrogen-bond donors (Lipinski definition) is 0. The Morgan fingerprint density at radius 1 is 0.296 bits per heavy atom. The number of rotatable bonds is 53. The van der Waals surface area contributed by atoms with Gasteiger partial charge in [-0.3, -0.25) is 14.4 Å². The zero-order chi connectivity index (χ0) is 51.4. The maximum atomic E-state index is 12.9. The number of hydrogen-bond acceptors (Lipinski definition) is 6. The Morgan fingerprint density at radius 2 is 0.549 bits per heavy atom. The highest BCUT2D eigenvalue weighted by Gasteiger charge is 2.19. The molecule has 0 aliphatic carbocycles. The van der Waals surface area contributed by atoms with Gasteiger partial charge in [-0.2, -0.15) is 0 Å². The molecule has 0 spiro atoms. The van der Waals surface area contributed by atoms with Gasteiger partial charge in [0.1, 0.15) is 13.2 Å². The van der Waals surface area contributed by atoms with E-state index in [-0.39, 0.29) is 31.1 Å². The van der Waals surface area contributed by atoms with E-state index >= 15 is 0 Å². The summed E-state index contributed by atoms with van der Waals surface area (Å²) in [5, 5.41) is 0. The van der Waals surface area contributed by atoms with E-state index in [0.29, 0.717) is 19.3 Å². The zero-order valence-corrected chi connectivity index (χ0v) is 46.5. The van der Waals surface area contributed by atoms with Gasteiger partial charge >= 0.3 is 17.9 Å². The van der Waals surface area contributed by atoms with E-state index < -0.39 is 6.10 Å². The van der Waals surface area contributed by atoms with Crippen molar-refractivity contribution in [2.24, 2.45) is 0 Å². The predicted octanol–water partition coefficient (Wildman–Crippen LogP) is 20.1. The van der Waals surface area contributed by atoms with Crippen LogP contribution >= 0.6 is 0 Å². The molecule has 0 aliphatic rings. The largest absolute Gasteiger partial charge is 0.462 e. The lowest BCUT2D eigenvalue weighted by atomic mass is 10.1. The van der Waals surface area contributed by atoms with Gasteiger partial charge in [-0.1, -0.05) is 234 Å². The van der Waals surface area contributed by atoms with Crippen LogP contribution in [0.15, 0.2) is 97.2 Å². The van der Waals surface area contributed by atoms with Crippen LogP contribution in [0.4, 0.5) is 0 Å². The summed E-state index contributed by atoms with van der Waals surface area (Å²) in [6, 6.07) is 0. The molecule has 1 atom stereocenters. The van der Waals surface area contributed by atoms with Crippen molar-refractivity contribution in [3.05, 3.63) is 97.2 Å². The highest BCUT2D eigenvalue weighted by Crippen LogP contribution is 2.15. The van der Waals surface area contributed by atoms with Crippen molar-refractivity contribution in [2.75, 3.05) is 13.2 Å². The minimum atomic E-state index is -0.793. The van der Waals surface area contributed by atoms with Crippen LogP contribution in [0.5, 0.6) is 0 Å². The average molecular weight is 988 g/mol. The highest BCUT2D eigenvalue weighted by molar-refractivity contribution is 5.71. The van der Waals surface area contributed by atoms with Crippen LogP contribution in [0.3, 0.4) is 0 Å². The molecule has 0 saturated carbocycles. The fraction of sp³-hybridized carbons (Fsp3) is 0.708. The van der Waals surface area contributed by atoms with Crippen LogP contribution in [-0.4, -0.2) is 37.2 Å². The van der Waals surface area contributed by atoms with Gasteiger partial charge in [0, 0.05) is 19.3 Å². The Bertz CT molecular complexity index is 1410. The van der Waals surface area contributed by atoms with Crippen molar-refractivity contribution in [1.82, 2.24) is 0 Å². The predicted molar refractivity (Wildman–Crippen MR) is 307 cm³/mol. The molecule has 71 heavy (non-hydrogen) atoms. The first-order valence-corrected chi connectivity index (χ1v) is 29.7. The number of ether oxygens (including phenoxy) is 3. The Kier molecular flexibility index (Phi) is 55.9. The van der Waals surface area contributed by atoms with Crippen molar-refractivity contribution in [1.29, 1.82) is 0 Å². The maximum Gasteiger partial charge on any atom is 0.306 e. The minimum absolute atomic E-state index is 0.0899. The van der Waals surface area contributed by atoms with Crippen molar-refractivity contribution < 1.29 is 28.6 Å². The quantitative estimate of drug-likeness (QED) is 0.0261. The van der Waals surface area contributed by atoms with Gasteiger partial charge in [-0.15, -0.1) is 0 Å².